The van der Waals surface area contributed by atoms with Gasteiger partial charge in [-0.2, -0.15) is 0 Å². The number of nitrogens with zero attached hydrogens (tertiary/aromatic N) is 1. The van der Waals surface area contributed by atoms with Crippen molar-refractivity contribution in [2.45, 2.75) is 6.04 Å². The van der Waals surface area contributed by atoms with Gasteiger partial charge in [-0.15, -0.1) is 0 Å². The second-order valence-electron chi connectivity index (χ2n) is 4.24. The molecule has 0 spiro atoms. The predicted octanol–water partition coefficient (Wildman–Crippen LogP) is 2.34. The molecule has 0 bridgehead atoms. The summed E-state index contributed by atoms with van der Waals surface area (Å²) in [5, 5.41) is 0. The number of aliphatic imine (C=N–C) groups is 1. The van der Waals surface area contributed by atoms with Crippen molar-refractivity contribution in [3.05, 3.63) is 65.7 Å². The second-order valence-corrected chi connectivity index (χ2v) is 4.24. The van der Waals surface area contributed by atoms with E-state index in [-0.39, 0.29) is 0 Å². The summed E-state index contributed by atoms with van der Waals surface area (Å²) >= 11 is 0. The third kappa shape index (κ3) is 3.23. The molecule has 0 aliphatic rings. The van der Waals surface area contributed by atoms with Gasteiger partial charge >= 0.3 is 0 Å². The normalized spacial score (nSPS) is 12.2. The Bertz CT molecular complexity index is 609. The van der Waals surface area contributed by atoms with E-state index in [1.54, 1.807) is 13.3 Å². The number of para-hydroxylation sites is 1. The van der Waals surface area contributed by atoms with Crippen LogP contribution in [0.4, 0.5) is 0 Å². The van der Waals surface area contributed by atoms with Crippen LogP contribution in [0, 0.1) is 0 Å². The first-order valence-corrected chi connectivity index (χ1v) is 6.23. The average molecular weight is 268 g/mol. The number of hydrogen-bond acceptors (Lipinski definition) is 3. The van der Waals surface area contributed by atoms with Crippen LogP contribution < -0.4 is 10.5 Å². The Morgan fingerprint density at radius 3 is 2.45 bits per heavy atom. The lowest BCUT2D eigenvalue weighted by atomic mass is 10.1. The number of ether oxygens (including phenoxy) is 1. The lowest BCUT2D eigenvalue weighted by molar-refractivity contribution is -0.119. The van der Waals surface area contributed by atoms with E-state index in [1.165, 1.54) is 0 Å². The highest BCUT2D eigenvalue weighted by Crippen LogP contribution is 2.19. The molecule has 4 heteroatoms. The van der Waals surface area contributed by atoms with Crippen molar-refractivity contribution in [2.75, 3.05) is 7.11 Å². The van der Waals surface area contributed by atoms with Gasteiger partial charge in [0.2, 0.25) is 5.91 Å². The molecule has 0 aliphatic carbocycles. The standard InChI is InChI=1S/C16H16N2O2/c1-20-14-10-6-5-9-13(14)11-18-15(16(17)19)12-7-3-2-4-8-12/h2-11,15H,1H3,(H2,17,19)/t15-/m0/s1. The average Bonchev–Trinajstić information content (AvgIpc) is 2.48. The fraction of sp³-hybridized carbons (Fsp3) is 0.125. The maximum atomic E-state index is 11.6. The van der Waals surface area contributed by atoms with E-state index in [0.717, 1.165) is 11.1 Å². The maximum Gasteiger partial charge on any atom is 0.246 e. The van der Waals surface area contributed by atoms with Crippen LogP contribution in [0.1, 0.15) is 17.2 Å². The molecule has 2 N–H and O–H groups in total. The first-order chi connectivity index (χ1) is 9.72. The zero-order chi connectivity index (χ0) is 14.4. The van der Waals surface area contributed by atoms with Crippen molar-refractivity contribution in [1.82, 2.24) is 0 Å². The molecular weight excluding hydrogens is 252 g/mol. The molecule has 2 rings (SSSR count). The highest BCUT2D eigenvalue weighted by Gasteiger charge is 2.15. The van der Waals surface area contributed by atoms with Crippen LogP contribution in [0.5, 0.6) is 5.75 Å². The molecule has 2 aromatic carbocycles. The van der Waals surface area contributed by atoms with E-state index in [4.69, 9.17) is 10.5 Å². The fourth-order valence-corrected chi connectivity index (χ4v) is 1.89. The summed E-state index contributed by atoms with van der Waals surface area (Å²) < 4.78 is 5.24. The molecule has 0 unspecified atom stereocenters. The Kier molecular flexibility index (Phi) is 4.50. The van der Waals surface area contributed by atoms with E-state index in [2.05, 4.69) is 4.99 Å². The quantitative estimate of drug-likeness (QED) is 0.846. The van der Waals surface area contributed by atoms with Crippen LogP contribution in [-0.2, 0) is 4.79 Å². The highest BCUT2D eigenvalue weighted by molar-refractivity contribution is 5.88. The van der Waals surface area contributed by atoms with Crippen LogP contribution >= 0.6 is 0 Å². The molecule has 4 nitrogen and oxygen atoms in total. The summed E-state index contributed by atoms with van der Waals surface area (Å²) in [6.45, 7) is 0. The van der Waals surface area contributed by atoms with Gasteiger partial charge in [0.25, 0.3) is 0 Å². The molecule has 20 heavy (non-hydrogen) atoms. The predicted molar refractivity (Wildman–Crippen MR) is 79.0 cm³/mol. The minimum atomic E-state index is -0.693. The SMILES string of the molecule is COc1ccccc1C=N[C@H](C(N)=O)c1ccccc1. The van der Waals surface area contributed by atoms with E-state index >= 15 is 0 Å². The third-order valence-corrected chi connectivity index (χ3v) is 2.89. The number of carbonyl (C=O) groups is 1. The first-order valence-electron chi connectivity index (χ1n) is 6.23. The van der Waals surface area contributed by atoms with Gasteiger partial charge in [0.05, 0.1) is 7.11 Å². The van der Waals surface area contributed by atoms with E-state index in [1.807, 2.05) is 54.6 Å². The minimum Gasteiger partial charge on any atom is -0.496 e. The van der Waals surface area contributed by atoms with Crippen molar-refractivity contribution in [2.24, 2.45) is 10.7 Å². The van der Waals surface area contributed by atoms with Crippen molar-refractivity contribution in [3.8, 4) is 5.75 Å². The number of amides is 1. The first kappa shape index (κ1) is 13.8. The molecule has 1 amide bonds. The zero-order valence-corrected chi connectivity index (χ0v) is 11.2. The van der Waals surface area contributed by atoms with Gasteiger partial charge in [0.1, 0.15) is 5.75 Å². The lowest BCUT2D eigenvalue weighted by Gasteiger charge is -2.09. The van der Waals surface area contributed by atoms with Gasteiger partial charge in [-0.25, -0.2) is 0 Å². The van der Waals surface area contributed by atoms with Crippen molar-refractivity contribution < 1.29 is 9.53 Å². The van der Waals surface area contributed by atoms with Crippen LogP contribution in [0.25, 0.3) is 0 Å². The van der Waals surface area contributed by atoms with Gasteiger partial charge in [0.15, 0.2) is 6.04 Å². The monoisotopic (exact) mass is 268 g/mol. The van der Waals surface area contributed by atoms with E-state index in [9.17, 15) is 4.79 Å². The van der Waals surface area contributed by atoms with Gasteiger partial charge < -0.3 is 10.5 Å². The Hall–Kier alpha value is -2.62. The second kappa shape index (κ2) is 6.52. The van der Waals surface area contributed by atoms with Gasteiger partial charge in [0, 0.05) is 11.8 Å². The van der Waals surface area contributed by atoms with Crippen molar-refractivity contribution in [1.29, 1.82) is 0 Å². The number of carbonyl (C=O) groups excluding carboxylic acids is 1. The highest BCUT2D eigenvalue weighted by atomic mass is 16.5. The largest absolute Gasteiger partial charge is 0.496 e. The number of rotatable bonds is 5. The molecule has 1 atom stereocenters. The van der Waals surface area contributed by atoms with Gasteiger partial charge in [-0.3, -0.25) is 9.79 Å². The Labute approximate surface area is 117 Å². The molecule has 0 radical (unpaired) electrons. The Balaban J connectivity index is 2.29. The van der Waals surface area contributed by atoms with Crippen LogP contribution in [-0.4, -0.2) is 19.2 Å². The number of benzene rings is 2. The molecule has 0 saturated heterocycles. The minimum absolute atomic E-state index is 0.484. The summed E-state index contributed by atoms with van der Waals surface area (Å²) in [6.07, 6.45) is 1.61. The zero-order valence-electron chi connectivity index (χ0n) is 11.2. The van der Waals surface area contributed by atoms with E-state index < -0.39 is 11.9 Å². The van der Waals surface area contributed by atoms with E-state index in [0.29, 0.717) is 5.75 Å². The third-order valence-electron chi connectivity index (χ3n) is 2.89. The Morgan fingerprint density at radius 2 is 1.80 bits per heavy atom. The summed E-state index contributed by atoms with van der Waals surface area (Å²) in [7, 11) is 1.59. The fourth-order valence-electron chi connectivity index (χ4n) is 1.89. The van der Waals surface area contributed by atoms with Gasteiger partial charge in [-0.1, -0.05) is 42.5 Å². The summed E-state index contributed by atoms with van der Waals surface area (Å²) in [6, 6.07) is 16.0. The topological polar surface area (TPSA) is 64.7 Å². The van der Waals surface area contributed by atoms with Crippen molar-refractivity contribution in [3.63, 3.8) is 0 Å². The maximum absolute atomic E-state index is 11.6. The van der Waals surface area contributed by atoms with Gasteiger partial charge in [-0.05, 0) is 17.7 Å². The molecule has 2 aromatic rings. The smallest absolute Gasteiger partial charge is 0.246 e. The van der Waals surface area contributed by atoms with Crippen LogP contribution in [0.15, 0.2) is 59.6 Å². The molecule has 0 aromatic heterocycles. The molecule has 0 heterocycles. The summed E-state index contributed by atoms with van der Waals surface area (Å²) in [5.74, 6) is 0.217. The molecule has 102 valence electrons. The lowest BCUT2D eigenvalue weighted by Crippen LogP contribution is -2.20. The van der Waals surface area contributed by atoms with Crippen LogP contribution in [0.3, 0.4) is 0 Å². The summed E-state index contributed by atoms with van der Waals surface area (Å²) in [4.78, 5) is 15.8. The number of hydrogen-bond donors (Lipinski definition) is 1. The number of methoxy groups -OCH3 is 1. The summed E-state index contributed by atoms with van der Waals surface area (Å²) in [5.41, 5.74) is 6.99. The number of primary amides is 1. The Morgan fingerprint density at radius 1 is 1.15 bits per heavy atom. The molecular formula is C16H16N2O2. The number of nitrogens with two attached hydrogens (primary N) is 1. The molecule has 0 aliphatic heterocycles. The molecule has 0 saturated carbocycles. The van der Waals surface area contributed by atoms with Crippen molar-refractivity contribution >= 4 is 12.1 Å². The molecule has 0 fully saturated rings. The van der Waals surface area contributed by atoms with Crippen LogP contribution in [0.2, 0.25) is 0 Å².